The lowest BCUT2D eigenvalue weighted by molar-refractivity contribution is 0.302. The molecule has 0 aliphatic rings. The van der Waals surface area contributed by atoms with Crippen LogP contribution in [0.1, 0.15) is 12.5 Å². The van der Waals surface area contributed by atoms with E-state index in [9.17, 15) is 0 Å². The van der Waals surface area contributed by atoms with Crippen LogP contribution in [-0.4, -0.2) is 29.8 Å². The van der Waals surface area contributed by atoms with Crippen LogP contribution in [-0.2, 0) is 0 Å². The molecule has 1 N–H and O–H groups in total. The van der Waals surface area contributed by atoms with Gasteiger partial charge in [-0.2, -0.15) is 5.26 Å². The van der Waals surface area contributed by atoms with Crippen molar-refractivity contribution >= 4 is 17.4 Å². The SMILES string of the molecule is CCN(CCO)c1cc(C#N)cc(Cl)n1. The van der Waals surface area contributed by atoms with Crippen LogP contribution in [0, 0.1) is 11.3 Å². The van der Waals surface area contributed by atoms with Crippen molar-refractivity contribution in [2.24, 2.45) is 0 Å². The molecule has 0 spiro atoms. The zero-order valence-corrected chi connectivity index (χ0v) is 9.20. The van der Waals surface area contributed by atoms with E-state index in [1.165, 1.54) is 6.07 Å². The first kappa shape index (κ1) is 11.8. The quantitative estimate of drug-likeness (QED) is 0.788. The standard InChI is InChI=1S/C10H12ClN3O/c1-2-14(3-4-15)10-6-8(7-12)5-9(11)13-10/h5-6,15H,2-4H2,1H3. The molecule has 1 rings (SSSR count). The number of hydrogen-bond acceptors (Lipinski definition) is 4. The molecule has 0 aromatic carbocycles. The number of aromatic nitrogens is 1. The summed E-state index contributed by atoms with van der Waals surface area (Å²) in [5.74, 6) is 0.621. The smallest absolute Gasteiger partial charge is 0.132 e. The van der Waals surface area contributed by atoms with Crippen LogP contribution in [0.2, 0.25) is 5.15 Å². The normalized spacial score (nSPS) is 9.73. The van der Waals surface area contributed by atoms with Crippen molar-refractivity contribution < 1.29 is 5.11 Å². The number of halogens is 1. The van der Waals surface area contributed by atoms with E-state index in [0.717, 1.165) is 0 Å². The van der Waals surface area contributed by atoms with E-state index in [4.69, 9.17) is 22.0 Å². The summed E-state index contributed by atoms with van der Waals surface area (Å²) < 4.78 is 0. The van der Waals surface area contributed by atoms with Gasteiger partial charge in [-0.15, -0.1) is 0 Å². The summed E-state index contributed by atoms with van der Waals surface area (Å²) >= 11 is 5.78. The van der Waals surface area contributed by atoms with Crippen LogP contribution in [0.5, 0.6) is 0 Å². The molecule has 0 bridgehead atoms. The molecule has 80 valence electrons. The second-order valence-electron chi connectivity index (χ2n) is 2.95. The Bertz CT molecular complexity index is 375. The van der Waals surface area contributed by atoms with Crippen molar-refractivity contribution in [3.63, 3.8) is 0 Å². The average molecular weight is 226 g/mol. The third-order valence-corrected chi connectivity index (χ3v) is 2.18. The first-order valence-electron chi connectivity index (χ1n) is 4.64. The van der Waals surface area contributed by atoms with Crippen molar-refractivity contribution in [2.75, 3.05) is 24.6 Å². The van der Waals surface area contributed by atoms with Gasteiger partial charge in [0.1, 0.15) is 11.0 Å². The van der Waals surface area contributed by atoms with Crippen LogP contribution in [0.15, 0.2) is 12.1 Å². The van der Waals surface area contributed by atoms with Crippen molar-refractivity contribution in [3.05, 3.63) is 22.8 Å². The van der Waals surface area contributed by atoms with E-state index in [0.29, 0.717) is 29.6 Å². The molecule has 5 heteroatoms. The predicted molar refractivity (Wildman–Crippen MR) is 58.9 cm³/mol. The third kappa shape index (κ3) is 3.08. The first-order valence-corrected chi connectivity index (χ1v) is 5.02. The number of nitriles is 1. The summed E-state index contributed by atoms with van der Waals surface area (Å²) in [6.45, 7) is 3.18. The van der Waals surface area contributed by atoms with Gasteiger partial charge in [0.2, 0.25) is 0 Å². The van der Waals surface area contributed by atoms with Crippen LogP contribution in [0.4, 0.5) is 5.82 Å². The Morgan fingerprint density at radius 2 is 2.33 bits per heavy atom. The van der Waals surface area contributed by atoms with Gasteiger partial charge in [-0.25, -0.2) is 4.98 Å². The molecule has 15 heavy (non-hydrogen) atoms. The fraction of sp³-hybridized carbons (Fsp3) is 0.400. The number of aliphatic hydroxyl groups excluding tert-OH is 1. The molecular formula is C10H12ClN3O. The number of anilines is 1. The number of aliphatic hydroxyl groups is 1. The monoisotopic (exact) mass is 225 g/mol. The molecule has 0 saturated carbocycles. The van der Waals surface area contributed by atoms with E-state index < -0.39 is 0 Å². The van der Waals surface area contributed by atoms with Gasteiger partial charge in [-0.1, -0.05) is 11.6 Å². The molecule has 0 atom stereocenters. The Hall–Kier alpha value is -1.31. The van der Waals surface area contributed by atoms with Crippen molar-refractivity contribution in [1.82, 2.24) is 4.98 Å². The molecule has 1 aromatic heterocycles. The maximum atomic E-state index is 8.86. The molecule has 0 aliphatic carbocycles. The fourth-order valence-electron chi connectivity index (χ4n) is 1.26. The topological polar surface area (TPSA) is 60.1 Å². The Balaban J connectivity index is 3.02. The van der Waals surface area contributed by atoms with Crippen LogP contribution in [0.3, 0.4) is 0 Å². The highest BCUT2D eigenvalue weighted by atomic mass is 35.5. The van der Waals surface area contributed by atoms with Gasteiger partial charge in [0.15, 0.2) is 0 Å². The van der Waals surface area contributed by atoms with E-state index in [-0.39, 0.29) is 6.61 Å². The zero-order chi connectivity index (χ0) is 11.3. The number of hydrogen-bond donors (Lipinski definition) is 1. The Labute approximate surface area is 93.7 Å². The molecule has 1 aromatic rings. The highest BCUT2D eigenvalue weighted by Gasteiger charge is 2.07. The number of likely N-dealkylation sites (N-methyl/N-ethyl adjacent to an activating group) is 1. The highest BCUT2D eigenvalue weighted by Crippen LogP contribution is 2.17. The maximum Gasteiger partial charge on any atom is 0.132 e. The van der Waals surface area contributed by atoms with Crippen LogP contribution in [0.25, 0.3) is 0 Å². The van der Waals surface area contributed by atoms with Gasteiger partial charge in [-0.05, 0) is 19.1 Å². The van der Waals surface area contributed by atoms with E-state index in [1.807, 2.05) is 17.9 Å². The minimum atomic E-state index is 0.0456. The molecule has 0 aliphatic heterocycles. The van der Waals surface area contributed by atoms with Gasteiger partial charge >= 0.3 is 0 Å². The predicted octanol–water partition coefficient (Wildman–Crippen LogP) is 1.43. The molecule has 0 radical (unpaired) electrons. The molecule has 0 unspecified atom stereocenters. The number of pyridine rings is 1. The average Bonchev–Trinajstić information content (AvgIpc) is 2.24. The number of rotatable bonds is 4. The van der Waals surface area contributed by atoms with Crippen LogP contribution >= 0.6 is 11.6 Å². The summed E-state index contributed by atoms with van der Waals surface area (Å²) in [5.41, 5.74) is 0.474. The van der Waals surface area contributed by atoms with Crippen LogP contribution < -0.4 is 4.90 Å². The molecule has 0 saturated heterocycles. The van der Waals surface area contributed by atoms with Crippen molar-refractivity contribution in [3.8, 4) is 6.07 Å². The summed E-state index contributed by atoms with van der Waals surface area (Å²) in [7, 11) is 0. The molecule has 1 heterocycles. The minimum absolute atomic E-state index is 0.0456. The Kier molecular flexibility index (Phi) is 4.35. The fourth-order valence-corrected chi connectivity index (χ4v) is 1.47. The zero-order valence-electron chi connectivity index (χ0n) is 8.44. The summed E-state index contributed by atoms with van der Waals surface area (Å²) in [4.78, 5) is 5.95. The second kappa shape index (κ2) is 5.54. The van der Waals surface area contributed by atoms with Gasteiger partial charge in [0, 0.05) is 13.1 Å². The summed E-state index contributed by atoms with van der Waals surface area (Å²) in [5, 5.41) is 17.9. The van der Waals surface area contributed by atoms with Gasteiger partial charge in [0.05, 0.1) is 18.2 Å². The molecule has 0 amide bonds. The minimum Gasteiger partial charge on any atom is -0.395 e. The molecule has 0 fully saturated rings. The first-order chi connectivity index (χ1) is 7.21. The lowest BCUT2D eigenvalue weighted by Gasteiger charge is -2.20. The second-order valence-corrected chi connectivity index (χ2v) is 3.34. The Morgan fingerprint density at radius 3 is 2.87 bits per heavy atom. The van der Waals surface area contributed by atoms with Gasteiger partial charge in [-0.3, -0.25) is 0 Å². The lowest BCUT2D eigenvalue weighted by atomic mass is 10.3. The molecule has 4 nitrogen and oxygen atoms in total. The van der Waals surface area contributed by atoms with Gasteiger partial charge in [0.25, 0.3) is 0 Å². The summed E-state index contributed by atoms with van der Waals surface area (Å²) in [6, 6.07) is 5.19. The highest BCUT2D eigenvalue weighted by molar-refractivity contribution is 6.29. The maximum absolute atomic E-state index is 8.86. The van der Waals surface area contributed by atoms with E-state index in [2.05, 4.69) is 4.98 Å². The third-order valence-electron chi connectivity index (χ3n) is 1.99. The van der Waals surface area contributed by atoms with Gasteiger partial charge < -0.3 is 10.0 Å². The lowest BCUT2D eigenvalue weighted by Crippen LogP contribution is -2.27. The number of nitrogens with zero attached hydrogens (tertiary/aromatic N) is 3. The van der Waals surface area contributed by atoms with Crippen molar-refractivity contribution in [1.29, 1.82) is 5.26 Å². The molecular weight excluding hydrogens is 214 g/mol. The summed E-state index contributed by atoms with van der Waals surface area (Å²) in [6.07, 6.45) is 0. The largest absolute Gasteiger partial charge is 0.395 e. The van der Waals surface area contributed by atoms with Crippen molar-refractivity contribution in [2.45, 2.75) is 6.92 Å². The van der Waals surface area contributed by atoms with E-state index in [1.54, 1.807) is 6.07 Å². The Morgan fingerprint density at radius 1 is 1.60 bits per heavy atom. The van der Waals surface area contributed by atoms with E-state index >= 15 is 0 Å².